The van der Waals surface area contributed by atoms with Crippen molar-refractivity contribution in [2.75, 3.05) is 0 Å². The van der Waals surface area contributed by atoms with Gasteiger partial charge >= 0.3 is 0 Å². The Hall–Kier alpha value is -0.200. The van der Waals surface area contributed by atoms with E-state index in [2.05, 4.69) is 0 Å². The fourth-order valence-electron chi connectivity index (χ4n) is 1.30. The second kappa shape index (κ2) is 3.68. The zero-order valence-electron chi connectivity index (χ0n) is 6.92. The summed E-state index contributed by atoms with van der Waals surface area (Å²) in [6, 6.07) is -0.928. The Morgan fingerprint density at radius 2 is 1.83 bits per heavy atom. The third-order valence-corrected chi connectivity index (χ3v) is 2.17. The number of ether oxygens (including phenoxy) is 1. The molecule has 0 aliphatic carbocycles. The maximum absolute atomic E-state index is 9.36. The molecule has 0 aromatic heterocycles. The van der Waals surface area contributed by atoms with Gasteiger partial charge in [-0.2, -0.15) is 0 Å². The van der Waals surface area contributed by atoms with Crippen LogP contribution in [0.4, 0.5) is 0 Å². The normalized spacial score (nSPS) is 49.2. The molecule has 1 heterocycles. The van der Waals surface area contributed by atoms with E-state index in [9.17, 15) is 10.2 Å². The van der Waals surface area contributed by atoms with E-state index in [4.69, 9.17) is 15.6 Å². The molecule has 5 atom stereocenters. The SMILES string of the molecule is CC[C@H]1O[C@H](O)[C@H](N)[C@H](O)[C@H]1O. The fourth-order valence-corrected chi connectivity index (χ4v) is 1.30. The highest BCUT2D eigenvalue weighted by atomic mass is 16.6. The molecule has 0 saturated carbocycles. The molecule has 12 heavy (non-hydrogen) atoms. The average molecular weight is 177 g/mol. The Bertz CT molecular complexity index is 150. The number of hydrogen-bond acceptors (Lipinski definition) is 5. The summed E-state index contributed by atoms with van der Waals surface area (Å²) in [6.45, 7) is 1.80. The van der Waals surface area contributed by atoms with Crippen LogP contribution >= 0.6 is 0 Å². The van der Waals surface area contributed by atoms with Gasteiger partial charge < -0.3 is 25.8 Å². The maximum Gasteiger partial charge on any atom is 0.172 e. The molecule has 0 aromatic rings. The highest BCUT2D eigenvalue weighted by molar-refractivity contribution is 4.90. The molecule has 5 N–H and O–H groups in total. The first kappa shape index (κ1) is 9.88. The summed E-state index contributed by atoms with van der Waals surface area (Å²) in [5.74, 6) is 0. The van der Waals surface area contributed by atoms with E-state index in [0.717, 1.165) is 0 Å². The Balaban J connectivity index is 2.63. The summed E-state index contributed by atoms with van der Waals surface area (Å²) in [5.41, 5.74) is 5.34. The molecule has 5 nitrogen and oxygen atoms in total. The predicted molar refractivity (Wildman–Crippen MR) is 41.2 cm³/mol. The summed E-state index contributed by atoms with van der Waals surface area (Å²) in [6.07, 6.45) is -3.31. The van der Waals surface area contributed by atoms with Crippen LogP contribution in [0.15, 0.2) is 0 Å². The molecule has 5 heteroatoms. The van der Waals surface area contributed by atoms with Crippen LogP contribution in [0.5, 0.6) is 0 Å². The topological polar surface area (TPSA) is 95.9 Å². The minimum Gasteiger partial charge on any atom is -0.388 e. The second-order valence-corrected chi connectivity index (χ2v) is 3.03. The summed E-state index contributed by atoms with van der Waals surface area (Å²) in [4.78, 5) is 0. The van der Waals surface area contributed by atoms with Crippen LogP contribution in [-0.4, -0.2) is 46.0 Å². The van der Waals surface area contributed by atoms with Crippen molar-refractivity contribution < 1.29 is 20.1 Å². The lowest BCUT2D eigenvalue weighted by molar-refractivity contribution is -0.242. The van der Waals surface area contributed by atoms with Gasteiger partial charge in [-0.1, -0.05) is 6.92 Å². The lowest BCUT2D eigenvalue weighted by Crippen LogP contribution is -2.60. The van der Waals surface area contributed by atoms with Crippen molar-refractivity contribution in [2.45, 2.75) is 44.0 Å². The van der Waals surface area contributed by atoms with E-state index in [0.29, 0.717) is 6.42 Å². The summed E-state index contributed by atoms with van der Waals surface area (Å²) >= 11 is 0. The van der Waals surface area contributed by atoms with Gasteiger partial charge in [0.15, 0.2) is 6.29 Å². The van der Waals surface area contributed by atoms with Gasteiger partial charge in [0.1, 0.15) is 12.2 Å². The van der Waals surface area contributed by atoms with Gasteiger partial charge in [-0.3, -0.25) is 0 Å². The van der Waals surface area contributed by atoms with Crippen LogP contribution in [0.1, 0.15) is 13.3 Å². The highest BCUT2D eigenvalue weighted by Crippen LogP contribution is 2.20. The van der Waals surface area contributed by atoms with Crippen LogP contribution in [0.25, 0.3) is 0 Å². The molecular weight excluding hydrogens is 162 g/mol. The standard InChI is InChI=1S/C7H15NO4/c1-2-3-5(9)6(10)4(8)7(11)12-3/h3-7,9-11H,2,8H2,1H3/t3-,4-,5+,6+,7+/m1/s1. The molecule has 1 aliphatic rings. The number of nitrogens with two attached hydrogens (primary N) is 1. The number of aliphatic hydroxyl groups is 3. The minimum atomic E-state index is -1.19. The third kappa shape index (κ3) is 1.60. The Kier molecular flexibility index (Phi) is 3.03. The molecule has 0 unspecified atom stereocenters. The summed E-state index contributed by atoms with van der Waals surface area (Å²) in [7, 11) is 0. The lowest BCUT2D eigenvalue weighted by atomic mass is 9.96. The predicted octanol–water partition coefficient (Wildman–Crippen LogP) is -1.84. The zero-order valence-corrected chi connectivity index (χ0v) is 6.92. The molecule has 72 valence electrons. The zero-order chi connectivity index (χ0) is 9.30. The first-order valence-corrected chi connectivity index (χ1v) is 4.03. The highest BCUT2D eigenvalue weighted by Gasteiger charge is 2.40. The van der Waals surface area contributed by atoms with Crippen LogP contribution in [0.2, 0.25) is 0 Å². The van der Waals surface area contributed by atoms with Gasteiger partial charge in [-0.05, 0) is 6.42 Å². The minimum absolute atomic E-state index is 0.530. The van der Waals surface area contributed by atoms with Crippen molar-refractivity contribution in [1.29, 1.82) is 0 Å². The quantitative estimate of drug-likeness (QED) is 0.377. The smallest absolute Gasteiger partial charge is 0.172 e. The lowest BCUT2D eigenvalue weighted by Gasteiger charge is -2.38. The molecule has 0 radical (unpaired) electrons. The Labute approximate surface area is 70.8 Å². The number of rotatable bonds is 1. The van der Waals surface area contributed by atoms with Crippen molar-refractivity contribution in [3.8, 4) is 0 Å². The van der Waals surface area contributed by atoms with E-state index in [1.54, 1.807) is 6.92 Å². The monoisotopic (exact) mass is 177 g/mol. The van der Waals surface area contributed by atoms with Crippen molar-refractivity contribution in [3.05, 3.63) is 0 Å². The van der Waals surface area contributed by atoms with Gasteiger partial charge in [0.2, 0.25) is 0 Å². The average Bonchev–Trinajstić information content (AvgIpc) is 2.08. The van der Waals surface area contributed by atoms with Crippen LogP contribution < -0.4 is 5.73 Å². The Morgan fingerprint density at radius 1 is 1.25 bits per heavy atom. The van der Waals surface area contributed by atoms with Crippen molar-refractivity contribution in [2.24, 2.45) is 5.73 Å². The van der Waals surface area contributed by atoms with Gasteiger partial charge in [-0.25, -0.2) is 0 Å². The molecule has 1 saturated heterocycles. The largest absolute Gasteiger partial charge is 0.388 e. The van der Waals surface area contributed by atoms with E-state index in [-0.39, 0.29) is 0 Å². The summed E-state index contributed by atoms with van der Waals surface area (Å²) < 4.78 is 4.95. The first-order valence-electron chi connectivity index (χ1n) is 4.03. The van der Waals surface area contributed by atoms with E-state index < -0.39 is 30.6 Å². The summed E-state index contributed by atoms with van der Waals surface area (Å²) in [5, 5.41) is 27.8. The van der Waals surface area contributed by atoms with Crippen LogP contribution in [0, 0.1) is 0 Å². The number of aliphatic hydroxyl groups excluding tert-OH is 3. The van der Waals surface area contributed by atoms with Crippen LogP contribution in [-0.2, 0) is 4.74 Å². The molecular formula is C7H15NO4. The van der Waals surface area contributed by atoms with Gasteiger partial charge in [0.25, 0.3) is 0 Å². The Morgan fingerprint density at radius 3 is 2.33 bits per heavy atom. The van der Waals surface area contributed by atoms with E-state index in [1.807, 2.05) is 0 Å². The van der Waals surface area contributed by atoms with Crippen molar-refractivity contribution in [1.82, 2.24) is 0 Å². The third-order valence-electron chi connectivity index (χ3n) is 2.17. The van der Waals surface area contributed by atoms with Crippen LogP contribution in [0.3, 0.4) is 0 Å². The molecule has 1 aliphatic heterocycles. The molecule has 1 rings (SSSR count). The fraction of sp³-hybridized carbons (Fsp3) is 1.00. The molecule has 1 fully saturated rings. The molecule has 0 bridgehead atoms. The van der Waals surface area contributed by atoms with Gasteiger partial charge in [0, 0.05) is 0 Å². The van der Waals surface area contributed by atoms with E-state index in [1.165, 1.54) is 0 Å². The molecule has 0 amide bonds. The van der Waals surface area contributed by atoms with Crippen molar-refractivity contribution >= 4 is 0 Å². The molecule has 0 aromatic carbocycles. The molecule has 0 spiro atoms. The van der Waals surface area contributed by atoms with Crippen molar-refractivity contribution in [3.63, 3.8) is 0 Å². The van der Waals surface area contributed by atoms with Gasteiger partial charge in [0.05, 0.1) is 12.1 Å². The maximum atomic E-state index is 9.36. The second-order valence-electron chi connectivity index (χ2n) is 3.03. The number of hydrogen-bond donors (Lipinski definition) is 4. The first-order chi connectivity index (χ1) is 5.57. The van der Waals surface area contributed by atoms with Gasteiger partial charge in [-0.15, -0.1) is 0 Å². The van der Waals surface area contributed by atoms with E-state index >= 15 is 0 Å².